The number of guanidine groups is 1. The van der Waals surface area contributed by atoms with E-state index >= 15 is 0 Å². The lowest BCUT2D eigenvalue weighted by Gasteiger charge is -2.20. The quantitative estimate of drug-likeness (QED) is 0.400. The van der Waals surface area contributed by atoms with Gasteiger partial charge >= 0.3 is 0 Å². The number of thioether (sulfide) groups is 1. The molecule has 1 amide bonds. The molecular weight excluding hydrogens is 375 g/mol. The molecular formula is C18H26ClFN4OS. The van der Waals surface area contributed by atoms with Gasteiger partial charge in [0.25, 0.3) is 0 Å². The first-order valence-electron chi connectivity index (χ1n) is 8.55. The van der Waals surface area contributed by atoms with E-state index in [2.05, 4.69) is 15.6 Å². The average Bonchev–Trinajstić information content (AvgIpc) is 3.37. The molecule has 0 aromatic heterocycles. The summed E-state index contributed by atoms with van der Waals surface area (Å²) in [5.74, 6) is 1.17. The van der Waals surface area contributed by atoms with Crippen LogP contribution in [0.1, 0.15) is 18.4 Å². The summed E-state index contributed by atoms with van der Waals surface area (Å²) in [5.41, 5.74) is 0.860. The first-order chi connectivity index (χ1) is 12.4. The highest BCUT2D eigenvalue weighted by atomic mass is 35.5. The molecule has 0 heterocycles. The Bertz CT molecular complexity index is 665. The number of amides is 1. The lowest BCUT2D eigenvalue weighted by Crippen LogP contribution is -2.43. The standard InChI is InChI=1S/C18H26ClFN4OS/c1-24(2)16(25)11-22-17(21-8-9-26-3)23-12-18(6-7-18)14-5-4-13(20)10-15(14)19/h4-5,10H,6-9,11-12H2,1-3H3,(H2,21,22,23). The second kappa shape index (κ2) is 9.46. The molecule has 5 nitrogen and oxygen atoms in total. The van der Waals surface area contributed by atoms with Gasteiger partial charge < -0.3 is 15.5 Å². The van der Waals surface area contributed by atoms with Gasteiger partial charge in [-0.1, -0.05) is 17.7 Å². The van der Waals surface area contributed by atoms with Crippen molar-refractivity contribution >= 4 is 35.2 Å². The van der Waals surface area contributed by atoms with Crippen LogP contribution in [0.5, 0.6) is 0 Å². The number of likely N-dealkylation sites (N-methyl/N-ethyl adjacent to an activating group) is 1. The monoisotopic (exact) mass is 400 g/mol. The molecule has 8 heteroatoms. The lowest BCUT2D eigenvalue weighted by atomic mass is 9.96. The first-order valence-corrected chi connectivity index (χ1v) is 10.3. The van der Waals surface area contributed by atoms with Crippen LogP contribution in [0, 0.1) is 5.82 Å². The fraction of sp³-hybridized carbons (Fsp3) is 0.556. The van der Waals surface area contributed by atoms with E-state index in [1.54, 1.807) is 31.9 Å². The lowest BCUT2D eigenvalue weighted by molar-refractivity contribution is -0.127. The highest BCUT2D eigenvalue weighted by molar-refractivity contribution is 7.98. The minimum Gasteiger partial charge on any atom is -0.356 e. The Morgan fingerprint density at radius 1 is 1.38 bits per heavy atom. The van der Waals surface area contributed by atoms with Crippen molar-refractivity contribution in [1.82, 2.24) is 15.5 Å². The molecule has 26 heavy (non-hydrogen) atoms. The van der Waals surface area contributed by atoms with Crippen molar-refractivity contribution < 1.29 is 9.18 Å². The summed E-state index contributed by atoms with van der Waals surface area (Å²) in [5, 5.41) is 7.03. The number of rotatable bonds is 8. The summed E-state index contributed by atoms with van der Waals surface area (Å²) in [6, 6.07) is 4.57. The number of aliphatic imine (C=N–C) groups is 1. The smallest absolute Gasteiger partial charge is 0.243 e. The van der Waals surface area contributed by atoms with Crippen LogP contribution in [-0.4, -0.2) is 62.5 Å². The van der Waals surface area contributed by atoms with Crippen molar-refractivity contribution in [3.05, 3.63) is 34.6 Å². The molecule has 0 atom stereocenters. The zero-order valence-electron chi connectivity index (χ0n) is 15.4. The maximum Gasteiger partial charge on any atom is 0.243 e. The number of benzene rings is 1. The largest absolute Gasteiger partial charge is 0.356 e. The number of hydrogen-bond donors (Lipinski definition) is 2. The number of carbonyl (C=O) groups is 1. The van der Waals surface area contributed by atoms with Gasteiger partial charge in [-0.05, 0) is 36.8 Å². The number of halogens is 2. The zero-order chi connectivity index (χ0) is 19.2. The van der Waals surface area contributed by atoms with Gasteiger partial charge in [0.2, 0.25) is 5.91 Å². The van der Waals surface area contributed by atoms with E-state index < -0.39 is 0 Å². The highest BCUT2D eigenvalue weighted by Gasteiger charge is 2.45. The van der Waals surface area contributed by atoms with Gasteiger partial charge in [-0.3, -0.25) is 4.79 Å². The third kappa shape index (κ3) is 5.77. The van der Waals surface area contributed by atoms with Crippen LogP contribution in [0.3, 0.4) is 0 Å². The molecule has 0 unspecified atom stereocenters. The van der Waals surface area contributed by atoms with Gasteiger partial charge in [-0.25, -0.2) is 9.38 Å². The van der Waals surface area contributed by atoms with Crippen LogP contribution in [0.25, 0.3) is 0 Å². The molecule has 0 aliphatic heterocycles. The predicted octanol–water partition coefficient (Wildman–Crippen LogP) is 2.50. The van der Waals surface area contributed by atoms with Crippen molar-refractivity contribution in [2.24, 2.45) is 4.99 Å². The summed E-state index contributed by atoms with van der Waals surface area (Å²) >= 11 is 7.98. The molecule has 0 bridgehead atoms. The molecule has 1 aliphatic rings. The van der Waals surface area contributed by atoms with Crippen LogP contribution in [-0.2, 0) is 10.2 Å². The van der Waals surface area contributed by atoms with E-state index in [4.69, 9.17) is 11.6 Å². The minimum absolute atomic E-state index is 0.0568. The molecule has 0 saturated heterocycles. The van der Waals surface area contributed by atoms with Crippen LogP contribution >= 0.6 is 23.4 Å². The normalized spacial score (nSPS) is 15.5. The van der Waals surface area contributed by atoms with Crippen molar-refractivity contribution in [2.45, 2.75) is 18.3 Å². The van der Waals surface area contributed by atoms with Gasteiger partial charge in [0.1, 0.15) is 12.4 Å². The molecule has 1 saturated carbocycles. The molecule has 0 spiro atoms. The Hall–Kier alpha value is -1.47. The highest BCUT2D eigenvalue weighted by Crippen LogP contribution is 2.50. The summed E-state index contributed by atoms with van der Waals surface area (Å²) in [4.78, 5) is 17.7. The fourth-order valence-electron chi connectivity index (χ4n) is 2.60. The summed E-state index contributed by atoms with van der Waals surface area (Å²) in [7, 11) is 3.42. The van der Waals surface area contributed by atoms with E-state index in [1.165, 1.54) is 17.0 Å². The molecule has 0 radical (unpaired) electrons. The van der Waals surface area contributed by atoms with E-state index in [-0.39, 0.29) is 23.7 Å². The maximum atomic E-state index is 13.3. The Labute approximate surface area is 163 Å². The Morgan fingerprint density at radius 3 is 2.69 bits per heavy atom. The van der Waals surface area contributed by atoms with Crippen molar-refractivity contribution in [2.75, 3.05) is 45.7 Å². The van der Waals surface area contributed by atoms with Crippen LogP contribution in [0.4, 0.5) is 4.39 Å². The van der Waals surface area contributed by atoms with Gasteiger partial charge in [-0.2, -0.15) is 11.8 Å². The minimum atomic E-state index is -0.328. The summed E-state index contributed by atoms with van der Waals surface area (Å²) in [6.45, 7) is 1.49. The first kappa shape index (κ1) is 20.8. The fourth-order valence-corrected chi connectivity index (χ4v) is 3.27. The number of nitrogens with one attached hydrogen (secondary N) is 2. The van der Waals surface area contributed by atoms with Crippen LogP contribution in [0.2, 0.25) is 5.02 Å². The van der Waals surface area contributed by atoms with E-state index in [1.807, 2.05) is 6.26 Å². The third-order valence-corrected chi connectivity index (χ3v) is 5.35. The SMILES string of the molecule is CSCCNC(=NCC(=O)N(C)C)NCC1(c2ccc(F)cc2Cl)CC1. The van der Waals surface area contributed by atoms with Crippen molar-refractivity contribution in [3.8, 4) is 0 Å². The van der Waals surface area contributed by atoms with Crippen LogP contribution in [0.15, 0.2) is 23.2 Å². The molecule has 1 aliphatic carbocycles. The van der Waals surface area contributed by atoms with E-state index in [0.29, 0.717) is 17.5 Å². The molecule has 1 aromatic rings. The van der Waals surface area contributed by atoms with E-state index in [9.17, 15) is 9.18 Å². The molecule has 1 aromatic carbocycles. The topological polar surface area (TPSA) is 56.7 Å². The molecule has 2 rings (SSSR count). The van der Waals surface area contributed by atoms with Crippen molar-refractivity contribution in [3.63, 3.8) is 0 Å². The Kier molecular flexibility index (Phi) is 7.58. The van der Waals surface area contributed by atoms with E-state index in [0.717, 1.165) is 30.7 Å². The summed E-state index contributed by atoms with van der Waals surface area (Å²) in [6.07, 6.45) is 4.01. The number of hydrogen-bond acceptors (Lipinski definition) is 3. The summed E-state index contributed by atoms with van der Waals surface area (Å²) < 4.78 is 13.3. The second-order valence-electron chi connectivity index (χ2n) is 6.63. The average molecular weight is 401 g/mol. The number of nitrogens with zero attached hydrogens (tertiary/aromatic N) is 2. The maximum absolute atomic E-state index is 13.3. The third-order valence-electron chi connectivity index (χ3n) is 4.42. The Balaban J connectivity index is 2.03. The van der Waals surface area contributed by atoms with Gasteiger partial charge in [-0.15, -0.1) is 0 Å². The number of carbonyl (C=O) groups excluding carboxylic acids is 1. The van der Waals surface area contributed by atoms with Crippen molar-refractivity contribution in [1.29, 1.82) is 0 Å². The van der Waals surface area contributed by atoms with Gasteiger partial charge in [0.15, 0.2) is 5.96 Å². The molecule has 144 valence electrons. The Morgan fingerprint density at radius 2 is 2.12 bits per heavy atom. The predicted molar refractivity (Wildman–Crippen MR) is 108 cm³/mol. The van der Waals surface area contributed by atoms with Gasteiger partial charge in [0, 0.05) is 43.4 Å². The molecule has 2 N–H and O–H groups in total. The van der Waals surface area contributed by atoms with Crippen LogP contribution < -0.4 is 10.6 Å². The second-order valence-corrected chi connectivity index (χ2v) is 8.02. The van der Waals surface area contributed by atoms with Gasteiger partial charge in [0.05, 0.1) is 0 Å². The molecule has 1 fully saturated rings. The zero-order valence-corrected chi connectivity index (χ0v) is 17.0.